The summed E-state index contributed by atoms with van der Waals surface area (Å²) in [6, 6.07) is 1.18. The van der Waals surface area contributed by atoms with Crippen molar-refractivity contribution in [1.82, 2.24) is 9.80 Å². The number of hydrogen-bond donors (Lipinski definition) is 1. The zero-order chi connectivity index (χ0) is 12.5. The third-order valence-corrected chi connectivity index (χ3v) is 5.53. The maximum atomic E-state index is 6.00. The van der Waals surface area contributed by atoms with Crippen molar-refractivity contribution in [3.63, 3.8) is 0 Å². The molecular formula is C14H24AsN3. The SMILES string of the molecule is N[C@H]1CCN(C2=CCN(C3CCCC3)C([AsH2])=C2)C1. The van der Waals surface area contributed by atoms with E-state index in [1.54, 1.807) is 16.9 Å². The summed E-state index contributed by atoms with van der Waals surface area (Å²) in [6.45, 7) is 3.27. The van der Waals surface area contributed by atoms with Gasteiger partial charge in [0.15, 0.2) is 0 Å². The van der Waals surface area contributed by atoms with E-state index in [9.17, 15) is 0 Å². The van der Waals surface area contributed by atoms with Crippen LogP contribution in [-0.2, 0) is 0 Å². The molecule has 2 fully saturated rings. The molecule has 0 bridgehead atoms. The van der Waals surface area contributed by atoms with E-state index in [2.05, 4.69) is 22.0 Å². The minimum absolute atomic E-state index is 0.373. The Labute approximate surface area is 119 Å². The van der Waals surface area contributed by atoms with Gasteiger partial charge in [-0.15, -0.1) is 0 Å². The van der Waals surface area contributed by atoms with Gasteiger partial charge in [0.2, 0.25) is 0 Å². The molecule has 3 rings (SSSR count). The van der Waals surface area contributed by atoms with Gasteiger partial charge in [0.1, 0.15) is 0 Å². The van der Waals surface area contributed by atoms with Crippen LogP contribution >= 0.6 is 0 Å². The van der Waals surface area contributed by atoms with Gasteiger partial charge >= 0.3 is 119 Å². The molecule has 0 aromatic carbocycles. The van der Waals surface area contributed by atoms with Crippen molar-refractivity contribution in [2.45, 2.75) is 44.2 Å². The van der Waals surface area contributed by atoms with E-state index in [1.165, 1.54) is 35.9 Å². The normalized spacial score (nSPS) is 29.8. The standard InChI is InChI=1S/C14H24AsN3/c15-14-9-13(17-7-5-11(16)10-17)6-8-18(14)12-3-1-2-4-12/h6,9,11-12H,1-5,7-8,10,15-16H2/t11-/m0/s1. The van der Waals surface area contributed by atoms with Gasteiger partial charge in [-0.25, -0.2) is 0 Å². The van der Waals surface area contributed by atoms with E-state index in [-0.39, 0.29) is 0 Å². The zero-order valence-electron chi connectivity index (χ0n) is 11.0. The molecule has 18 heavy (non-hydrogen) atoms. The van der Waals surface area contributed by atoms with Crippen LogP contribution in [0, 0.1) is 0 Å². The van der Waals surface area contributed by atoms with E-state index in [4.69, 9.17) is 5.73 Å². The van der Waals surface area contributed by atoms with Crippen LogP contribution in [0.15, 0.2) is 22.3 Å². The molecule has 3 aliphatic rings. The summed E-state index contributed by atoms with van der Waals surface area (Å²) < 4.78 is 1.51. The van der Waals surface area contributed by atoms with Crippen molar-refractivity contribution < 1.29 is 0 Å². The predicted octanol–water partition coefficient (Wildman–Crippen LogP) is 0.636. The number of hydrogen-bond acceptors (Lipinski definition) is 3. The van der Waals surface area contributed by atoms with Crippen LogP contribution in [0.1, 0.15) is 32.1 Å². The maximum absolute atomic E-state index is 6.00. The molecule has 1 saturated heterocycles. The average molecular weight is 309 g/mol. The molecular weight excluding hydrogens is 285 g/mol. The zero-order valence-corrected chi connectivity index (χ0v) is 13.4. The monoisotopic (exact) mass is 309 g/mol. The number of nitrogens with two attached hydrogens (primary N) is 1. The Balaban J connectivity index is 1.66. The first-order valence-electron chi connectivity index (χ1n) is 7.18. The van der Waals surface area contributed by atoms with Crippen LogP contribution in [0.3, 0.4) is 0 Å². The fraction of sp³-hybridized carbons (Fsp3) is 0.714. The summed E-state index contributed by atoms with van der Waals surface area (Å²) in [5.41, 5.74) is 7.41. The van der Waals surface area contributed by atoms with Crippen LogP contribution in [0.5, 0.6) is 0 Å². The van der Waals surface area contributed by atoms with Gasteiger partial charge in [-0.05, 0) is 0 Å². The topological polar surface area (TPSA) is 32.5 Å². The summed E-state index contributed by atoms with van der Waals surface area (Å²) in [5, 5.41) is 0. The fourth-order valence-electron chi connectivity index (χ4n) is 3.41. The molecule has 4 heteroatoms. The summed E-state index contributed by atoms with van der Waals surface area (Å²) in [7, 11) is 0. The summed E-state index contributed by atoms with van der Waals surface area (Å²) in [5.74, 6) is 0. The second-order valence-electron chi connectivity index (χ2n) is 5.78. The van der Waals surface area contributed by atoms with Crippen LogP contribution < -0.4 is 5.73 Å². The molecule has 0 aromatic rings. The Bertz CT molecular complexity index is 371. The summed E-state index contributed by atoms with van der Waals surface area (Å²) in [4.78, 5) is 5.07. The Morgan fingerprint density at radius 2 is 2.00 bits per heavy atom. The van der Waals surface area contributed by atoms with E-state index in [0.29, 0.717) is 6.04 Å². The Kier molecular flexibility index (Phi) is 3.72. The second kappa shape index (κ2) is 5.30. The van der Waals surface area contributed by atoms with Gasteiger partial charge in [-0.2, -0.15) is 0 Å². The first-order valence-corrected chi connectivity index (χ1v) is 8.39. The molecule has 0 aromatic heterocycles. The Morgan fingerprint density at radius 3 is 2.61 bits per heavy atom. The van der Waals surface area contributed by atoms with Crippen molar-refractivity contribution in [1.29, 1.82) is 0 Å². The van der Waals surface area contributed by atoms with Gasteiger partial charge in [-0.1, -0.05) is 0 Å². The van der Waals surface area contributed by atoms with E-state index in [0.717, 1.165) is 32.1 Å². The van der Waals surface area contributed by atoms with Crippen molar-refractivity contribution >= 4 is 16.9 Å². The van der Waals surface area contributed by atoms with E-state index >= 15 is 0 Å². The molecule has 2 aliphatic heterocycles. The number of likely N-dealkylation sites (tertiary alicyclic amines) is 1. The molecule has 1 saturated carbocycles. The average Bonchev–Trinajstić information content (AvgIpc) is 2.99. The van der Waals surface area contributed by atoms with Gasteiger partial charge < -0.3 is 0 Å². The number of allylic oxidation sites excluding steroid dienone is 1. The van der Waals surface area contributed by atoms with Crippen LogP contribution in [0.4, 0.5) is 0 Å². The van der Waals surface area contributed by atoms with E-state index in [1.807, 2.05) is 0 Å². The van der Waals surface area contributed by atoms with Crippen molar-refractivity contribution in [3.8, 4) is 0 Å². The first-order chi connectivity index (χ1) is 8.74. The third kappa shape index (κ3) is 2.48. The predicted molar refractivity (Wildman–Crippen MR) is 77.8 cm³/mol. The van der Waals surface area contributed by atoms with Crippen LogP contribution in [0.25, 0.3) is 0 Å². The van der Waals surface area contributed by atoms with E-state index < -0.39 is 0 Å². The quantitative estimate of drug-likeness (QED) is 0.760. The van der Waals surface area contributed by atoms with Crippen LogP contribution in [-0.4, -0.2) is 58.4 Å². The van der Waals surface area contributed by atoms with Gasteiger partial charge in [0.05, 0.1) is 0 Å². The molecule has 0 amide bonds. The van der Waals surface area contributed by atoms with Crippen molar-refractivity contribution in [3.05, 3.63) is 22.3 Å². The molecule has 100 valence electrons. The van der Waals surface area contributed by atoms with Crippen molar-refractivity contribution in [2.75, 3.05) is 19.6 Å². The second-order valence-corrected chi connectivity index (χ2v) is 7.02. The number of rotatable bonds is 2. The molecule has 2 heterocycles. The minimum atomic E-state index is 0.373. The number of nitrogens with zero attached hydrogens (tertiary/aromatic N) is 2. The molecule has 3 nitrogen and oxygen atoms in total. The van der Waals surface area contributed by atoms with Gasteiger partial charge in [0, 0.05) is 0 Å². The molecule has 2 atom stereocenters. The Morgan fingerprint density at radius 1 is 1.22 bits per heavy atom. The first kappa shape index (κ1) is 12.6. The molecule has 0 spiro atoms. The molecule has 1 unspecified atom stereocenters. The molecule has 2 N–H and O–H groups in total. The summed E-state index contributed by atoms with van der Waals surface area (Å²) in [6.07, 6.45) is 11.5. The summed E-state index contributed by atoms with van der Waals surface area (Å²) >= 11 is 1.77. The Hall–Kier alpha value is -0.402. The molecule has 1 aliphatic carbocycles. The van der Waals surface area contributed by atoms with Crippen molar-refractivity contribution in [2.24, 2.45) is 5.73 Å². The van der Waals surface area contributed by atoms with Gasteiger partial charge in [-0.3, -0.25) is 0 Å². The van der Waals surface area contributed by atoms with Gasteiger partial charge in [0.25, 0.3) is 0 Å². The fourth-order valence-corrected chi connectivity index (χ4v) is 4.43. The van der Waals surface area contributed by atoms with Crippen LogP contribution in [0.2, 0.25) is 0 Å². The third-order valence-electron chi connectivity index (χ3n) is 4.48. The molecule has 0 radical (unpaired) electrons.